The van der Waals surface area contributed by atoms with Gasteiger partial charge in [0.25, 0.3) is 0 Å². The number of amides is 2. The Morgan fingerprint density at radius 2 is 0.932 bits per heavy atom. The van der Waals surface area contributed by atoms with Crippen molar-refractivity contribution in [1.29, 1.82) is 0 Å². The van der Waals surface area contributed by atoms with Gasteiger partial charge in [-0.3, -0.25) is 21.7 Å². The standard InChI is InChI=1S/2C19H19ClF2NO.2C5H5.Ti/c2*1-2-3-4-5-12-23(18-11-10-16(21)13-17(18)22)19(24)14-6-8-15(20)9-7-14;2*1-2-4-5-3-1;/h2*6-11H,2-5,12H2,1H3;2*1-3H,4H2;/q4*-1;+4. The van der Waals surface area contributed by atoms with Gasteiger partial charge in [-0.05, 0) is 72.7 Å². The van der Waals surface area contributed by atoms with Crippen molar-refractivity contribution in [2.75, 3.05) is 22.9 Å². The van der Waals surface area contributed by atoms with Gasteiger partial charge in [0.1, 0.15) is 0 Å². The third-order valence-corrected chi connectivity index (χ3v) is 9.08. The van der Waals surface area contributed by atoms with Gasteiger partial charge >= 0.3 is 21.7 Å². The van der Waals surface area contributed by atoms with Crippen LogP contribution < -0.4 is 9.80 Å². The van der Waals surface area contributed by atoms with Gasteiger partial charge in [0.15, 0.2) is 0 Å². The normalized spacial score (nSPS) is 11.7. The van der Waals surface area contributed by atoms with Gasteiger partial charge in [-0.15, -0.1) is 49.2 Å². The second-order valence-corrected chi connectivity index (χ2v) is 13.9. The molecule has 0 spiro atoms. The van der Waals surface area contributed by atoms with E-state index in [9.17, 15) is 27.2 Å². The Bertz CT molecular complexity index is 1820. The summed E-state index contributed by atoms with van der Waals surface area (Å²) in [5.74, 6) is -4.01. The molecule has 0 heterocycles. The molecule has 0 saturated carbocycles. The van der Waals surface area contributed by atoms with Crippen LogP contribution in [0, 0.1) is 47.6 Å². The molecule has 2 aliphatic rings. The molecule has 4 aromatic rings. The number of hydrogen-bond donors (Lipinski definition) is 0. The monoisotopic (exact) mass is 878 g/mol. The summed E-state index contributed by atoms with van der Waals surface area (Å²) in [6.45, 7) is 4.90. The molecule has 0 radical (unpaired) electrons. The van der Waals surface area contributed by atoms with Crippen molar-refractivity contribution >= 4 is 46.4 Å². The van der Waals surface area contributed by atoms with E-state index in [4.69, 9.17) is 23.2 Å². The topological polar surface area (TPSA) is 40.6 Å². The summed E-state index contributed by atoms with van der Waals surface area (Å²) < 4.78 is 54.4. The number of halogens is 6. The summed E-state index contributed by atoms with van der Waals surface area (Å²) in [5, 5.41) is 1.03. The molecule has 0 aromatic heterocycles. The summed E-state index contributed by atoms with van der Waals surface area (Å²) in [5.41, 5.74) is 0.873. The Hall–Kier alpha value is -4.21. The Morgan fingerprint density at radius 1 is 0.559 bits per heavy atom. The second kappa shape index (κ2) is 29.1. The molecule has 4 aromatic carbocycles. The number of rotatable bonds is 14. The first-order valence-electron chi connectivity index (χ1n) is 19.4. The summed E-state index contributed by atoms with van der Waals surface area (Å²) >= 11 is 11.7. The van der Waals surface area contributed by atoms with E-state index in [0.717, 1.165) is 76.3 Å². The number of carbonyl (C=O) groups excluding carboxylic acids is 2. The van der Waals surface area contributed by atoms with Crippen molar-refractivity contribution in [2.45, 2.75) is 78.1 Å². The third kappa shape index (κ3) is 18.7. The SMILES string of the molecule is CCCCCCN(C(=O)c1ccc(Cl)cc1)c1ccc(F)[c-]c1F.CCCCCCN(C(=O)c1ccc(Cl)cc1)c1ccc(F)[c-]c1F.[C-]1=CC=CC1.[C-]1=CC=CC1.[Ti+4]. The predicted octanol–water partition coefficient (Wildman–Crippen LogP) is 13.9. The number of benzene rings is 4. The fraction of sp³-hybridized carbons (Fsp3) is 0.292. The molecule has 0 N–H and O–H groups in total. The molecule has 6 rings (SSSR count). The molecule has 0 bridgehead atoms. The first kappa shape index (κ1) is 50.9. The zero-order valence-electron chi connectivity index (χ0n) is 33.4. The van der Waals surface area contributed by atoms with Crippen molar-refractivity contribution in [3.05, 3.63) is 178 Å². The first-order chi connectivity index (χ1) is 28.0. The van der Waals surface area contributed by atoms with E-state index in [0.29, 0.717) is 34.3 Å². The minimum atomic E-state index is -0.868. The molecule has 308 valence electrons. The molecular weight excluding hydrogens is 831 g/mol. The van der Waals surface area contributed by atoms with E-state index >= 15 is 0 Å². The quantitative estimate of drug-likeness (QED) is 0.0548. The average Bonchev–Trinajstić information content (AvgIpc) is 4.01. The summed E-state index contributed by atoms with van der Waals surface area (Å²) in [6.07, 6.45) is 27.6. The molecule has 59 heavy (non-hydrogen) atoms. The van der Waals surface area contributed by atoms with Gasteiger partial charge in [-0.25, -0.2) is 41.9 Å². The minimum absolute atomic E-state index is 0. The molecule has 4 nitrogen and oxygen atoms in total. The Labute approximate surface area is 372 Å². The molecule has 0 fully saturated rings. The van der Waals surface area contributed by atoms with Gasteiger partial charge in [-0.1, -0.05) is 75.6 Å². The number of carbonyl (C=O) groups is 2. The van der Waals surface area contributed by atoms with Crippen LogP contribution >= 0.6 is 23.2 Å². The van der Waals surface area contributed by atoms with E-state index < -0.39 is 23.3 Å². The van der Waals surface area contributed by atoms with Crippen molar-refractivity contribution < 1.29 is 48.9 Å². The van der Waals surface area contributed by atoms with Crippen LogP contribution in [-0.4, -0.2) is 24.9 Å². The maximum atomic E-state index is 14.1. The summed E-state index contributed by atoms with van der Waals surface area (Å²) in [4.78, 5) is 28.2. The first-order valence-corrected chi connectivity index (χ1v) is 20.1. The minimum Gasteiger partial charge on any atom is -0.359 e. The van der Waals surface area contributed by atoms with Crippen LogP contribution in [-0.2, 0) is 21.7 Å². The van der Waals surface area contributed by atoms with Crippen molar-refractivity contribution in [2.24, 2.45) is 0 Å². The predicted molar refractivity (Wildman–Crippen MR) is 228 cm³/mol. The third-order valence-electron chi connectivity index (χ3n) is 8.58. The average molecular weight is 880 g/mol. The van der Waals surface area contributed by atoms with Crippen LogP contribution in [0.15, 0.2) is 109 Å². The Balaban J connectivity index is 0.000000323. The van der Waals surface area contributed by atoms with Crippen molar-refractivity contribution in [1.82, 2.24) is 0 Å². The maximum absolute atomic E-state index is 14.1. The Morgan fingerprint density at radius 3 is 1.20 bits per heavy atom. The summed E-state index contributed by atoms with van der Waals surface area (Å²) in [7, 11) is 0. The van der Waals surface area contributed by atoms with Crippen LogP contribution in [0.25, 0.3) is 0 Å². The number of nitrogens with zero attached hydrogens (tertiary/aromatic N) is 2. The van der Waals surface area contributed by atoms with Crippen LogP contribution in [0.3, 0.4) is 0 Å². The zero-order chi connectivity index (χ0) is 42.1. The maximum Gasteiger partial charge on any atom is 4.00 e. The molecular formula is C48H48Cl2F4N2O2Ti. The van der Waals surface area contributed by atoms with Crippen molar-refractivity contribution in [3.63, 3.8) is 0 Å². The van der Waals surface area contributed by atoms with E-state index in [1.165, 1.54) is 21.9 Å². The van der Waals surface area contributed by atoms with Gasteiger partial charge in [0.2, 0.25) is 11.8 Å². The molecule has 0 saturated heterocycles. The number of allylic oxidation sites excluding steroid dienone is 8. The van der Waals surface area contributed by atoms with Gasteiger partial charge in [-0.2, -0.15) is 12.2 Å². The fourth-order valence-electron chi connectivity index (χ4n) is 5.52. The molecule has 0 aliphatic heterocycles. The molecule has 0 atom stereocenters. The van der Waals surface area contributed by atoms with Gasteiger partial charge < -0.3 is 9.80 Å². The number of unbranched alkanes of at least 4 members (excludes halogenated alkanes) is 6. The van der Waals surface area contributed by atoms with Crippen LogP contribution in [0.4, 0.5) is 28.9 Å². The van der Waals surface area contributed by atoms with Crippen LogP contribution in [0.1, 0.15) is 98.8 Å². The number of anilines is 2. The van der Waals surface area contributed by atoms with Crippen molar-refractivity contribution in [3.8, 4) is 0 Å². The van der Waals surface area contributed by atoms with E-state index in [1.807, 2.05) is 36.4 Å². The second-order valence-electron chi connectivity index (χ2n) is 13.1. The van der Waals surface area contributed by atoms with Gasteiger partial charge in [0.05, 0.1) is 0 Å². The Kier molecular flexibility index (Phi) is 25.1. The summed E-state index contributed by atoms with van der Waals surface area (Å²) in [6, 6.07) is 21.5. The molecule has 2 amide bonds. The smallest absolute Gasteiger partial charge is 0.359 e. The largest absolute Gasteiger partial charge is 4.00 e. The van der Waals surface area contributed by atoms with Crippen LogP contribution in [0.2, 0.25) is 10.0 Å². The molecule has 0 unspecified atom stereocenters. The fourth-order valence-corrected chi connectivity index (χ4v) is 5.77. The van der Waals surface area contributed by atoms with E-state index in [1.54, 1.807) is 48.5 Å². The number of hydrogen-bond acceptors (Lipinski definition) is 2. The molecule has 11 heteroatoms. The zero-order valence-corrected chi connectivity index (χ0v) is 36.4. The molecule has 2 aliphatic carbocycles. The van der Waals surface area contributed by atoms with E-state index in [2.05, 4.69) is 38.2 Å². The van der Waals surface area contributed by atoms with E-state index in [-0.39, 0.29) is 44.9 Å². The van der Waals surface area contributed by atoms with Crippen LogP contribution in [0.5, 0.6) is 0 Å². The van der Waals surface area contributed by atoms with Gasteiger partial charge in [0, 0.05) is 57.5 Å².